The molecule has 0 saturated carbocycles. The van der Waals surface area contributed by atoms with Crippen LogP contribution in [0.3, 0.4) is 0 Å². The first-order chi connectivity index (χ1) is 8.79. The van der Waals surface area contributed by atoms with E-state index in [1.807, 2.05) is 0 Å². The van der Waals surface area contributed by atoms with Gasteiger partial charge in [-0.3, -0.25) is 4.90 Å². The summed E-state index contributed by atoms with van der Waals surface area (Å²) in [7, 11) is 0. The molecule has 1 aliphatic rings. The third-order valence-electron chi connectivity index (χ3n) is 4.49. The molecule has 1 aliphatic heterocycles. The van der Waals surface area contributed by atoms with Crippen LogP contribution in [0.1, 0.15) is 73.6 Å². The molecule has 19 heavy (non-hydrogen) atoms. The Morgan fingerprint density at radius 1 is 1.21 bits per heavy atom. The molecule has 1 fully saturated rings. The smallest absolute Gasteiger partial charge is 0.0252 e. The molecular formula is C17H36N2. The van der Waals surface area contributed by atoms with Gasteiger partial charge in [-0.15, -0.1) is 0 Å². The zero-order valence-electron chi connectivity index (χ0n) is 14.2. The Labute approximate surface area is 121 Å². The lowest BCUT2D eigenvalue weighted by atomic mass is 9.84. The predicted molar refractivity (Wildman–Crippen MR) is 85.7 cm³/mol. The van der Waals surface area contributed by atoms with Gasteiger partial charge in [-0.25, -0.2) is 0 Å². The van der Waals surface area contributed by atoms with Crippen molar-refractivity contribution in [2.75, 3.05) is 19.6 Å². The highest BCUT2D eigenvalue weighted by Crippen LogP contribution is 2.28. The van der Waals surface area contributed by atoms with Crippen LogP contribution >= 0.6 is 0 Å². The molecule has 0 aromatic heterocycles. The maximum atomic E-state index is 3.69. The van der Waals surface area contributed by atoms with Gasteiger partial charge < -0.3 is 5.32 Å². The topological polar surface area (TPSA) is 15.3 Å². The predicted octanol–water partition coefficient (Wildman–Crippen LogP) is 4.06. The van der Waals surface area contributed by atoms with E-state index in [9.17, 15) is 0 Å². The number of nitrogens with one attached hydrogen (secondary N) is 1. The van der Waals surface area contributed by atoms with Crippen LogP contribution < -0.4 is 5.32 Å². The summed E-state index contributed by atoms with van der Waals surface area (Å²) in [5, 5.41) is 3.69. The summed E-state index contributed by atoms with van der Waals surface area (Å²) in [6.07, 6.45) is 6.72. The average molecular weight is 268 g/mol. The second-order valence-electron chi connectivity index (χ2n) is 7.85. The van der Waals surface area contributed by atoms with Crippen LogP contribution in [0.5, 0.6) is 0 Å². The Morgan fingerprint density at radius 2 is 1.89 bits per heavy atom. The SMILES string of the molecule is CCCCCC(C)(C)CN1CC(C)(C)NCC1CC. The van der Waals surface area contributed by atoms with Crippen molar-refractivity contribution >= 4 is 0 Å². The Hall–Kier alpha value is -0.0800. The summed E-state index contributed by atoms with van der Waals surface area (Å²) in [6, 6.07) is 0.721. The van der Waals surface area contributed by atoms with Crippen molar-refractivity contribution in [1.29, 1.82) is 0 Å². The minimum absolute atomic E-state index is 0.269. The highest BCUT2D eigenvalue weighted by molar-refractivity contribution is 4.93. The van der Waals surface area contributed by atoms with Gasteiger partial charge in [0.2, 0.25) is 0 Å². The van der Waals surface area contributed by atoms with Crippen LogP contribution in [0.4, 0.5) is 0 Å². The van der Waals surface area contributed by atoms with Crippen LogP contribution in [-0.2, 0) is 0 Å². The van der Waals surface area contributed by atoms with Gasteiger partial charge in [0.1, 0.15) is 0 Å². The second kappa shape index (κ2) is 7.08. The average Bonchev–Trinajstić information content (AvgIpc) is 2.27. The fourth-order valence-electron chi connectivity index (χ4n) is 3.29. The van der Waals surface area contributed by atoms with Crippen molar-refractivity contribution in [1.82, 2.24) is 10.2 Å². The van der Waals surface area contributed by atoms with E-state index in [0.29, 0.717) is 5.41 Å². The molecule has 1 heterocycles. The zero-order chi connectivity index (χ0) is 14.5. The molecule has 2 nitrogen and oxygen atoms in total. The Kier molecular flexibility index (Phi) is 6.32. The largest absolute Gasteiger partial charge is 0.309 e. The lowest BCUT2D eigenvalue weighted by Gasteiger charge is -2.47. The Bertz CT molecular complexity index is 258. The molecule has 0 radical (unpaired) electrons. The van der Waals surface area contributed by atoms with Crippen molar-refractivity contribution < 1.29 is 0 Å². The van der Waals surface area contributed by atoms with Gasteiger partial charge in [-0.2, -0.15) is 0 Å². The van der Waals surface area contributed by atoms with E-state index in [4.69, 9.17) is 0 Å². The first-order valence-electron chi connectivity index (χ1n) is 8.29. The summed E-state index contributed by atoms with van der Waals surface area (Å²) < 4.78 is 0. The molecular weight excluding hydrogens is 232 g/mol. The summed E-state index contributed by atoms with van der Waals surface area (Å²) in [5.74, 6) is 0. The minimum atomic E-state index is 0.269. The van der Waals surface area contributed by atoms with Crippen molar-refractivity contribution in [2.45, 2.75) is 85.2 Å². The molecule has 1 rings (SSSR count). The van der Waals surface area contributed by atoms with Gasteiger partial charge in [0.25, 0.3) is 0 Å². The van der Waals surface area contributed by atoms with Crippen molar-refractivity contribution in [3.05, 3.63) is 0 Å². The molecule has 114 valence electrons. The molecule has 0 aromatic carbocycles. The molecule has 0 bridgehead atoms. The van der Waals surface area contributed by atoms with Crippen LogP contribution in [0.15, 0.2) is 0 Å². The maximum Gasteiger partial charge on any atom is 0.0252 e. The maximum absolute atomic E-state index is 3.69. The summed E-state index contributed by atoms with van der Waals surface area (Å²) in [5.41, 5.74) is 0.723. The van der Waals surface area contributed by atoms with E-state index in [-0.39, 0.29) is 5.54 Å². The number of unbranched alkanes of at least 4 members (excludes halogenated alkanes) is 2. The van der Waals surface area contributed by atoms with E-state index < -0.39 is 0 Å². The third kappa shape index (κ3) is 5.83. The van der Waals surface area contributed by atoms with Crippen molar-refractivity contribution in [3.8, 4) is 0 Å². The number of hydrogen-bond donors (Lipinski definition) is 1. The number of hydrogen-bond acceptors (Lipinski definition) is 2. The van der Waals surface area contributed by atoms with Crippen LogP contribution in [0, 0.1) is 5.41 Å². The first-order valence-corrected chi connectivity index (χ1v) is 8.29. The van der Waals surface area contributed by atoms with Crippen LogP contribution in [0.25, 0.3) is 0 Å². The molecule has 0 amide bonds. The quantitative estimate of drug-likeness (QED) is 0.701. The first kappa shape index (κ1) is 17.0. The molecule has 1 atom stereocenters. The van der Waals surface area contributed by atoms with Gasteiger partial charge in [0, 0.05) is 31.2 Å². The second-order valence-corrected chi connectivity index (χ2v) is 7.85. The van der Waals surface area contributed by atoms with E-state index in [2.05, 4.69) is 51.8 Å². The van der Waals surface area contributed by atoms with Crippen LogP contribution in [-0.4, -0.2) is 36.1 Å². The van der Waals surface area contributed by atoms with Gasteiger partial charge in [0.05, 0.1) is 0 Å². The summed E-state index contributed by atoms with van der Waals surface area (Å²) in [4.78, 5) is 2.74. The monoisotopic (exact) mass is 268 g/mol. The van der Waals surface area contributed by atoms with Crippen LogP contribution in [0.2, 0.25) is 0 Å². The van der Waals surface area contributed by atoms with Gasteiger partial charge >= 0.3 is 0 Å². The highest BCUT2D eigenvalue weighted by atomic mass is 15.2. The molecule has 1 N–H and O–H groups in total. The fraction of sp³-hybridized carbons (Fsp3) is 1.00. The molecule has 2 heteroatoms. The Morgan fingerprint density at radius 3 is 2.47 bits per heavy atom. The van der Waals surface area contributed by atoms with Gasteiger partial charge in [0.15, 0.2) is 0 Å². The molecule has 1 saturated heterocycles. The normalized spacial score (nSPS) is 24.6. The molecule has 0 spiro atoms. The number of rotatable bonds is 7. The zero-order valence-corrected chi connectivity index (χ0v) is 14.2. The number of nitrogens with zero attached hydrogens (tertiary/aromatic N) is 1. The minimum Gasteiger partial charge on any atom is -0.309 e. The van der Waals surface area contributed by atoms with E-state index in [0.717, 1.165) is 12.6 Å². The summed E-state index contributed by atoms with van der Waals surface area (Å²) in [6.45, 7) is 17.7. The van der Waals surface area contributed by atoms with Crippen molar-refractivity contribution in [2.24, 2.45) is 5.41 Å². The molecule has 1 unspecified atom stereocenters. The molecule has 0 aliphatic carbocycles. The van der Waals surface area contributed by atoms with E-state index in [1.54, 1.807) is 0 Å². The third-order valence-corrected chi connectivity index (χ3v) is 4.49. The van der Waals surface area contributed by atoms with Gasteiger partial charge in [-0.1, -0.05) is 47.0 Å². The standard InChI is InChI=1S/C17H36N2/c1-7-9-10-11-16(3,4)13-19-14-17(5,6)18-12-15(19)8-2/h15,18H,7-14H2,1-6H3. The summed E-state index contributed by atoms with van der Waals surface area (Å²) >= 11 is 0. The lowest BCUT2D eigenvalue weighted by molar-refractivity contribution is 0.0535. The van der Waals surface area contributed by atoms with Gasteiger partial charge in [-0.05, 0) is 32.1 Å². The fourth-order valence-corrected chi connectivity index (χ4v) is 3.29. The Balaban J connectivity index is 2.55. The number of piperazine rings is 1. The molecule has 0 aromatic rings. The lowest BCUT2D eigenvalue weighted by Crippen LogP contribution is -2.62. The van der Waals surface area contributed by atoms with E-state index >= 15 is 0 Å². The van der Waals surface area contributed by atoms with E-state index in [1.165, 1.54) is 45.2 Å². The highest BCUT2D eigenvalue weighted by Gasteiger charge is 2.34. The van der Waals surface area contributed by atoms with Crippen molar-refractivity contribution in [3.63, 3.8) is 0 Å².